The van der Waals surface area contributed by atoms with Gasteiger partial charge in [0.15, 0.2) is 5.82 Å². The van der Waals surface area contributed by atoms with E-state index in [4.69, 9.17) is 4.52 Å². The number of carbonyl (C=O) groups is 1. The van der Waals surface area contributed by atoms with Gasteiger partial charge in [-0.05, 0) is 18.6 Å². The molecule has 94 valence electrons. The molecule has 5 nitrogen and oxygen atoms in total. The van der Waals surface area contributed by atoms with Crippen molar-refractivity contribution in [1.29, 1.82) is 0 Å². The summed E-state index contributed by atoms with van der Waals surface area (Å²) in [6.07, 6.45) is 0. The minimum Gasteiger partial charge on any atom is -0.345 e. The quantitative estimate of drug-likeness (QED) is 0.899. The van der Waals surface area contributed by atoms with Crippen molar-refractivity contribution >= 4 is 5.91 Å². The van der Waals surface area contributed by atoms with Gasteiger partial charge >= 0.3 is 0 Å². The Hall–Kier alpha value is -2.24. The molecule has 0 spiro atoms. The van der Waals surface area contributed by atoms with Gasteiger partial charge < -0.3 is 9.84 Å². The number of rotatable bonds is 3. The van der Waals surface area contributed by atoms with Gasteiger partial charge in [-0.1, -0.05) is 17.3 Å². The van der Waals surface area contributed by atoms with Gasteiger partial charge in [-0.3, -0.25) is 4.79 Å². The fourth-order valence-corrected chi connectivity index (χ4v) is 1.49. The second-order valence-corrected chi connectivity index (χ2v) is 3.85. The third-order valence-corrected chi connectivity index (χ3v) is 2.41. The van der Waals surface area contributed by atoms with E-state index in [0.717, 1.165) is 0 Å². The van der Waals surface area contributed by atoms with Crippen LogP contribution in [-0.2, 0) is 6.54 Å². The molecule has 0 atom stereocenters. The molecule has 18 heavy (non-hydrogen) atoms. The average Bonchev–Trinajstić information content (AvgIpc) is 2.76. The maximum atomic E-state index is 13.7. The molecule has 0 saturated carbocycles. The Labute approximate surface area is 103 Å². The highest BCUT2D eigenvalue weighted by Gasteiger charge is 2.13. The lowest BCUT2D eigenvalue weighted by atomic mass is 10.1. The first-order valence-corrected chi connectivity index (χ1v) is 5.40. The van der Waals surface area contributed by atoms with E-state index >= 15 is 0 Å². The Morgan fingerprint density at radius 3 is 2.89 bits per heavy atom. The highest BCUT2D eigenvalue weighted by molar-refractivity contribution is 5.94. The summed E-state index contributed by atoms with van der Waals surface area (Å²) in [7, 11) is 0. The van der Waals surface area contributed by atoms with Crippen LogP contribution in [0.15, 0.2) is 22.7 Å². The summed E-state index contributed by atoms with van der Waals surface area (Å²) < 4.78 is 18.4. The van der Waals surface area contributed by atoms with Crippen molar-refractivity contribution in [2.24, 2.45) is 0 Å². The highest BCUT2D eigenvalue weighted by atomic mass is 19.1. The van der Waals surface area contributed by atoms with Crippen molar-refractivity contribution in [3.8, 4) is 0 Å². The monoisotopic (exact) mass is 249 g/mol. The first-order valence-electron chi connectivity index (χ1n) is 5.40. The summed E-state index contributed by atoms with van der Waals surface area (Å²) in [6.45, 7) is 3.36. The summed E-state index contributed by atoms with van der Waals surface area (Å²) in [5.74, 6) is -0.243. The second kappa shape index (κ2) is 4.95. The van der Waals surface area contributed by atoms with Crippen LogP contribution in [-0.4, -0.2) is 16.0 Å². The standard InChI is InChI=1S/C12H12FN3O2/c1-7-4-3-5-9(11(7)13)12(17)14-6-10-15-8(2)18-16-10/h3-5H,6H2,1-2H3,(H,14,17). The zero-order valence-corrected chi connectivity index (χ0v) is 10.0. The summed E-state index contributed by atoms with van der Waals surface area (Å²) in [4.78, 5) is 15.7. The zero-order valence-electron chi connectivity index (χ0n) is 10.0. The van der Waals surface area contributed by atoms with Crippen molar-refractivity contribution < 1.29 is 13.7 Å². The SMILES string of the molecule is Cc1nc(CNC(=O)c2cccc(C)c2F)no1. The van der Waals surface area contributed by atoms with Crippen molar-refractivity contribution in [3.05, 3.63) is 46.9 Å². The van der Waals surface area contributed by atoms with E-state index in [0.29, 0.717) is 17.3 Å². The third kappa shape index (κ3) is 2.53. The van der Waals surface area contributed by atoms with Crippen molar-refractivity contribution in [3.63, 3.8) is 0 Å². The Kier molecular flexibility index (Phi) is 3.36. The molecular formula is C12H12FN3O2. The molecule has 0 aliphatic carbocycles. The van der Waals surface area contributed by atoms with Gasteiger partial charge in [-0.25, -0.2) is 4.39 Å². The van der Waals surface area contributed by atoms with Crippen molar-refractivity contribution in [2.75, 3.05) is 0 Å². The summed E-state index contributed by atoms with van der Waals surface area (Å²) >= 11 is 0. The number of nitrogens with one attached hydrogen (secondary N) is 1. The number of carbonyl (C=O) groups excluding carboxylic acids is 1. The largest absolute Gasteiger partial charge is 0.345 e. The molecule has 0 radical (unpaired) electrons. The van der Waals surface area contributed by atoms with Crippen molar-refractivity contribution in [1.82, 2.24) is 15.5 Å². The number of hydrogen-bond donors (Lipinski definition) is 1. The number of aromatic nitrogens is 2. The van der Waals surface area contributed by atoms with Crippen LogP contribution in [0.25, 0.3) is 0 Å². The normalized spacial score (nSPS) is 10.4. The van der Waals surface area contributed by atoms with E-state index < -0.39 is 11.7 Å². The Morgan fingerprint density at radius 1 is 1.44 bits per heavy atom. The van der Waals surface area contributed by atoms with E-state index in [9.17, 15) is 9.18 Å². The van der Waals surface area contributed by atoms with Gasteiger partial charge in [0.1, 0.15) is 5.82 Å². The molecule has 0 fully saturated rings. The molecular weight excluding hydrogens is 237 g/mol. The van der Waals surface area contributed by atoms with E-state index in [2.05, 4.69) is 15.5 Å². The van der Waals surface area contributed by atoms with Crippen LogP contribution in [0.2, 0.25) is 0 Å². The number of hydrogen-bond acceptors (Lipinski definition) is 4. The lowest BCUT2D eigenvalue weighted by molar-refractivity contribution is 0.0945. The summed E-state index contributed by atoms with van der Waals surface area (Å²) in [5.41, 5.74) is 0.438. The van der Waals surface area contributed by atoms with Crippen LogP contribution in [0.5, 0.6) is 0 Å². The summed E-state index contributed by atoms with van der Waals surface area (Å²) in [5, 5.41) is 6.16. The number of halogens is 1. The molecule has 1 aromatic heterocycles. The van der Waals surface area contributed by atoms with E-state index in [1.54, 1.807) is 26.0 Å². The van der Waals surface area contributed by atoms with E-state index in [-0.39, 0.29) is 12.1 Å². The van der Waals surface area contributed by atoms with E-state index in [1.165, 1.54) is 6.07 Å². The van der Waals surface area contributed by atoms with E-state index in [1.807, 2.05) is 0 Å². The summed E-state index contributed by atoms with van der Waals surface area (Å²) in [6, 6.07) is 4.67. The molecule has 1 heterocycles. The maximum Gasteiger partial charge on any atom is 0.254 e. The predicted octanol–water partition coefficient (Wildman–Crippen LogP) is 1.76. The molecule has 1 aromatic carbocycles. The average molecular weight is 249 g/mol. The number of nitrogens with zero attached hydrogens (tertiary/aromatic N) is 2. The van der Waals surface area contributed by atoms with Gasteiger partial charge in [0.05, 0.1) is 12.1 Å². The number of benzene rings is 1. The number of aryl methyl sites for hydroxylation is 2. The zero-order chi connectivity index (χ0) is 13.1. The molecule has 0 aliphatic heterocycles. The molecule has 0 saturated heterocycles. The first kappa shape index (κ1) is 12.2. The highest BCUT2D eigenvalue weighted by Crippen LogP contribution is 2.11. The smallest absolute Gasteiger partial charge is 0.254 e. The topological polar surface area (TPSA) is 68.0 Å². The van der Waals surface area contributed by atoms with Crippen molar-refractivity contribution in [2.45, 2.75) is 20.4 Å². The molecule has 1 amide bonds. The van der Waals surface area contributed by atoms with Gasteiger partial charge in [-0.15, -0.1) is 0 Å². The fourth-order valence-electron chi connectivity index (χ4n) is 1.49. The Bertz CT molecular complexity index is 580. The molecule has 6 heteroatoms. The van der Waals surface area contributed by atoms with Gasteiger partial charge in [0.25, 0.3) is 5.91 Å². The van der Waals surface area contributed by atoms with Crippen LogP contribution < -0.4 is 5.32 Å². The van der Waals surface area contributed by atoms with Crippen LogP contribution >= 0.6 is 0 Å². The maximum absolute atomic E-state index is 13.7. The van der Waals surface area contributed by atoms with Crippen LogP contribution in [0.3, 0.4) is 0 Å². The third-order valence-electron chi connectivity index (χ3n) is 2.41. The second-order valence-electron chi connectivity index (χ2n) is 3.85. The predicted molar refractivity (Wildman–Crippen MR) is 61.3 cm³/mol. The van der Waals surface area contributed by atoms with Gasteiger partial charge in [-0.2, -0.15) is 4.98 Å². The first-order chi connectivity index (χ1) is 8.58. The van der Waals surface area contributed by atoms with Crippen LogP contribution in [0, 0.1) is 19.7 Å². The Balaban J connectivity index is 2.06. The van der Waals surface area contributed by atoms with Crippen LogP contribution in [0.4, 0.5) is 4.39 Å². The minimum atomic E-state index is -0.515. The molecule has 0 unspecified atom stereocenters. The minimum absolute atomic E-state index is 0.00946. The number of amides is 1. The molecule has 0 aliphatic rings. The lowest BCUT2D eigenvalue weighted by Gasteiger charge is -2.05. The molecule has 0 bridgehead atoms. The van der Waals surface area contributed by atoms with Gasteiger partial charge in [0, 0.05) is 6.92 Å². The molecule has 1 N–H and O–H groups in total. The van der Waals surface area contributed by atoms with Crippen LogP contribution in [0.1, 0.15) is 27.6 Å². The molecule has 2 rings (SSSR count). The molecule has 2 aromatic rings. The fraction of sp³-hybridized carbons (Fsp3) is 0.250. The lowest BCUT2D eigenvalue weighted by Crippen LogP contribution is -2.24. The Morgan fingerprint density at radius 2 is 2.22 bits per heavy atom. The van der Waals surface area contributed by atoms with Gasteiger partial charge in [0.2, 0.25) is 5.89 Å².